The van der Waals surface area contributed by atoms with Crippen molar-refractivity contribution in [3.8, 4) is 22.8 Å². The summed E-state index contributed by atoms with van der Waals surface area (Å²) in [6.45, 7) is 0.492. The molecule has 1 aliphatic heterocycles. The molecule has 0 atom stereocenters. The molecule has 0 aliphatic carbocycles. The minimum atomic E-state index is -0.333. The molecular weight excluding hydrogens is 354 g/mol. The molecule has 0 spiro atoms. The van der Waals surface area contributed by atoms with Crippen molar-refractivity contribution >= 4 is 17.2 Å². The lowest BCUT2D eigenvalue weighted by Gasteiger charge is -2.08. The molecule has 0 fully saturated rings. The number of thiophene rings is 1. The summed E-state index contributed by atoms with van der Waals surface area (Å²) in [5.74, 6) is 1.04. The number of carbonyl (C=O) groups is 1. The van der Waals surface area contributed by atoms with Gasteiger partial charge in [0.2, 0.25) is 12.7 Å². The number of nitrogens with zero attached hydrogens (tertiary/aromatic N) is 2. The number of hydrogen-bond donors (Lipinski definition) is 1. The molecule has 0 radical (unpaired) electrons. The van der Waals surface area contributed by atoms with Crippen LogP contribution in [0.2, 0.25) is 0 Å². The minimum absolute atomic E-state index is 0.136. The van der Waals surface area contributed by atoms with Gasteiger partial charge in [0.05, 0.1) is 12.2 Å². The second-order valence-electron chi connectivity index (χ2n) is 5.64. The fraction of sp³-hybridized carbons (Fsp3) is 0.167. The molecule has 0 saturated carbocycles. The first-order chi connectivity index (χ1) is 12.7. The summed E-state index contributed by atoms with van der Waals surface area (Å²) in [4.78, 5) is 25.2. The molecule has 1 aliphatic rings. The summed E-state index contributed by atoms with van der Waals surface area (Å²) in [6.07, 6.45) is 0. The predicted octanol–water partition coefficient (Wildman–Crippen LogP) is 2.02. The van der Waals surface area contributed by atoms with Gasteiger partial charge in [-0.1, -0.05) is 6.07 Å². The lowest BCUT2D eigenvalue weighted by molar-refractivity contribution is -0.122. The monoisotopic (exact) mass is 369 g/mol. The van der Waals surface area contributed by atoms with E-state index in [0.717, 1.165) is 15.1 Å². The Hall–Kier alpha value is -3.13. The molecule has 3 aromatic rings. The van der Waals surface area contributed by atoms with Crippen LogP contribution in [0.5, 0.6) is 11.5 Å². The Labute approximate surface area is 152 Å². The second-order valence-corrected chi connectivity index (χ2v) is 6.67. The molecule has 3 heterocycles. The highest BCUT2D eigenvalue weighted by Crippen LogP contribution is 2.35. The number of carbonyl (C=O) groups excluding carboxylic acids is 1. The van der Waals surface area contributed by atoms with Crippen LogP contribution in [-0.2, 0) is 17.9 Å². The molecule has 0 saturated heterocycles. The maximum Gasteiger partial charge on any atom is 0.267 e. The molecule has 2 aromatic heterocycles. The maximum absolute atomic E-state index is 12.1. The quantitative estimate of drug-likeness (QED) is 0.744. The number of ether oxygens (including phenoxy) is 2. The second kappa shape index (κ2) is 7.01. The van der Waals surface area contributed by atoms with Gasteiger partial charge < -0.3 is 14.8 Å². The molecule has 1 N–H and O–H groups in total. The van der Waals surface area contributed by atoms with Gasteiger partial charge in [0.25, 0.3) is 5.56 Å². The van der Waals surface area contributed by atoms with Crippen LogP contribution in [0, 0.1) is 0 Å². The lowest BCUT2D eigenvalue weighted by Crippen LogP contribution is -2.33. The van der Waals surface area contributed by atoms with Crippen LogP contribution in [0.4, 0.5) is 0 Å². The molecule has 4 rings (SSSR count). The maximum atomic E-state index is 12.1. The van der Waals surface area contributed by atoms with E-state index in [4.69, 9.17) is 9.47 Å². The van der Waals surface area contributed by atoms with Gasteiger partial charge in [0.1, 0.15) is 6.54 Å². The van der Waals surface area contributed by atoms with Gasteiger partial charge in [-0.05, 0) is 35.7 Å². The highest BCUT2D eigenvalue weighted by Gasteiger charge is 2.15. The normalized spacial score (nSPS) is 12.2. The number of aromatic nitrogens is 2. The number of fused-ring (bicyclic) bond motifs is 1. The zero-order valence-electron chi connectivity index (χ0n) is 13.7. The smallest absolute Gasteiger partial charge is 0.267 e. The SMILES string of the molecule is O=C(Cn1nc(-c2ccc3c(c2)OCO3)ccc1=O)NCc1cccs1. The van der Waals surface area contributed by atoms with E-state index in [0.29, 0.717) is 23.7 Å². The van der Waals surface area contributed by atoms with Gasteiger partial charge in [-0.25, -0.2) is 4.68 Å². The van der Waals surface area contributed by atoms with Crippen LogP contribution in [0.1, 0.15) is 4.88 Å². The average molecular weight is 369 g/mol. The van der Waals surface area contributed by atoms with E-state index in [-0.39, 0.29) is 24.8 Å². The van der Waals surface area contributed by atoms with Crippen molar-refractivity contribution < 1.29 is 14.3 Å². The first-order valence-corrected chi connectivity index (χ1v) is 8.84. The third-order valence-electron chi connectivity index (χ3n) is 3.87. The van der Waals surface area contributed by atoms with Crippen LogP contribution in [0.25, 0.3) is 11.3 Å². The largest absolute Gasteiger partial charge is 0.454 e. The number of benzene rings is 1. The Kier molecular flexibility index (Phi) is 4.40. The molecule has 132 valence electrons. The zero-order chi connectivity index (χ0) is 17.9. The van der Waals surface area contributed by atoms with E-state index in [1.165, 1.54) is 6.07 Å². The van der Waals surface area contributed by atoms with Gasteiger partial charge >= 0.3 is 0 Å². The Morgan fingerprint density at radius 2 is 2.08 bits per heavy atom. The Morgan fingerprint density at radius 1 is 1.19 bits per heavy atom. The first-order valence-electron chi connectivity index (χ1n) is 7.96. The summed E-state index contributed by atoms with van der Waals surface area (Å²) in [5.41, 5.74) is 1.02. The summed E-state index contributed by atoms with van der Waals surface area (Å²) >= 11 is 1.56. The molecule has 8 heteroatoms. The topological polar surface area (TPSA) is 82.5 Å². The highest BCUT2D eigenvalue weighted by molar-refractivity contribution is 7.09. The standard InChI is InChI=1S/C18H15N3O4S/c22-17(19-9-13-2-1-7-26-13)10-21-18(23)6-4-14(20-21)12-3-5-15-16(8-12)25-11-24-15/h1-8H,9-11H2,(H,19,22). The predicted molar refractivity (Wildman–Crippen MR) is 96.2 cm³/mol. The molecule has 1 aromatic carbocycles. The summed E-state index contributed by atoms with van der Waals surface area (Å²) in [5, 5.41) is 9.04. The van der Waals surface area contributed by atoms with Gasteiger partial charge in [0, 0.05) is 16.5 Å². The van der Waals surface area contributed by atoms with Crippen LogP contribution in [0.3, 0.4) is 0 Å². The number of hydrogen-bond acceptors (Lipinski definition) is 6. The van der Waals surface area contributed by atoms with Gasteiger partial charge in [0.15, 0.2) is 11.5 Å². The third kappa shape index (κ3) is 3.45. The van der Waals surface area contributed by atoms with Crippen LogP contribution in [-0.4, -0.2) is 22.5 Å². The fourth-order valence-corrected chi connectivity index (χ4v) is 3.21. The van der Waals surface area contributed by atoms with Crippen molar-refractivity contribution in [1.29, 1.82) is 0 Å². The number of rotatable bonds is 5. The van der Waals surface area contributed by atoms with E-state index >= 15 is 0 Å². The van der Waals surface area contributed by atoms with Crippen LogP contribution in [0.15, 0.2) is 52.6 Å². The van der Waals surface area contributed by atoms with Gasteiger partial charge in [-0.3, -0.25) is 9.59 Å². The summed E-state index contributed by atoms with van der Waals surface area (Å²) in [7, 11) is 0. The van der Waals surface area contributed by atoms with Crippen molar-refractivity contribution in [2.75, 3.05) is 6.79 Å². The van der Waals surface area contributed by atoms with E-state index in [1.807, 2.05) is 23.6 Å². The number of amides is 1. The van der Waals surface area contributed by atoms with Crippen molar-refractivity contribution in [3.05, 3.63) is 63.1 Å². The first kappa shape index (κ1) is 16.3. The van der Waals surface area contributed by atoms with E-state index in [1.54, 1.807) is 29.5 Å². The van der Waals surface area contributed by atoms with Crippen molar-refractivity contribution in [2.24, 2.45) is 0 Å². The van der Waals surface area contributed by atoms with Crippen molar-refractivity contribution in [3.63, 3.8) is 0 Å². The molecule has 7 nitrogen and oxygen atoms in total. The molecule has 0 bridgehead atoms. The Bertz CT molecular complexity index is 998. The molecule has 0 unspecified atom stereocenters. The number of nitrogens with one attached hydrogen (secondary N) is 1. The average Bonchev–Trinajstić information content (AvgIpc) is 3.32. The summed E-state index contributed by atoms with van der Waals surface area (Å²) in [6, 6.07) is 12.3. The Morgan fingerprint density at radius 3 is 2.92 bits per heavy atom. The molecule has 26 heavy (non-hydrogen) atoms. The Balaban J connectivity index is 1.51. The zero-order valence-corrected chi connectivity index (χ0v) is 14.5. The third-order valence-corrected chi connectivity index (χ3v) is 4.74. The fourth-order valence-electron chi connectivity index (χ4n) is 2.56. The van der Waals surface area contributed by atoms with E-state index < -0.39 is 0 Å². The highest BCUT2D eigenvalue weighted by atomic mass is 32.1. The van der Waals surface area contributed by atoms with Crippen molar-refractivity contribution in [2.45, 2.75) is 13.1 Å². The van der Waals surface area contributed by atoms with E-state index in [2.05, 4.69) is 10.4 Å². The molecule has 1 amide bonds. The van der Waals surface area contributed by atoms with Gasteiger partial charge in [-0.15, -0.1) is 11.3 Å². The van der Waals surface area contributed by atoms with E-state index in [9.17, 15) is 9.59 Å². The van der Waals surface area contributed by atoms with Gasteiger partial charge in [-0.2, -0.15) is 5.10 Å². The summed E-state index contributed by atoms with van der Waals surface area (Å²) < 4.78 is 11.8. The van der Waals surface area contributed by atoms with Crippen LogP contribution < -0.4 is 20.3 Å². The molecular formula is C18H15N3O4S. The van der Waals surface area contributed by atoms with Crippen LogP contribution >= 0.6 is 11.3 Å². The lowest BCUT2D eigenvalue weighted by atomic mass is 10.1. The van der Waals surface area contributed by atoms with Crippen molar-refractivity contribution in [1.82, 2.24) is 15.1 Å². The minimum Gasteiger partial charge on any atom is -0.454 e.